The normalized spacial score (nSPS) is 10.3. The monoisotopic (exact) mass is 434 g/mol. The van der Waals surface area contributed by atoms with E-state index in [1.165, 1.54) is 18.9 Å². The van der Waals surface area contributed by atoms with Gasteiger partial charge in [0.15, 0.2) is 0 Å². The molecule has 0 unspecified atom stereocenters. The van der Waals surface area contributed by atoms with Crippen molar-refractivity contribution >= 4 is 40.9 Å². The number of para-hydroxylation sites is 1. The maximum absolute atomic E-state index is 12.3. The molecule has 0 aliphatic heterocycles. The SMILES string of the molecule is COC(=O)c1ccccc1NC(=O)CSc1ccc(NC(=O)c2ccc(C)cc2)cc1. The van der Waals surface area contributed by atoms with Gasteiger partial charge in [-0.2, -0.15) is 0 Å². The van der Waals surface area contributed by atoms with Gasteiger partial charge in [0.2, 0.25) is 5.91 Å². The second-order valence-corrected chi connectivity index (χ2v) is 7.77. The van der Waals surface area contributed by atoms with Gasteiger partial charge in [0, 0.05) is 16.1 Å². The van der Waals surface area contributed by atoms with E-state index in [1.807, 2.05) is 31.2 Å². The molecule has 0 spiro atoms. The Morgan fingerprint density at radius 2 is 1.55 bits per heavy atom. The summed E-state index contributed by atoms with van der Waals surface area (Å²) in [5.74, 6) is -0.751. The van der Waals surface area contributed by atoms with Gasteiger partial charge in [0.05, 0.1) is 24.1 Å². The standard InChI is InChI=1S/C24H22N2O4S/c1-16-7-9-17(10-8-16)23(28)25-18-11-13-19(14-12-18)31-15-22(27)26-21-6-4-3-5-20(21)24(29)30-2/h3-14H,15H2,1-2H3,(H,25,28)(H,26,27). The average Bonchev–Trinajstić information content (AvgIpc) is 2.79. The lowest BCUT2D eigenvalue weighted by molar-refractivity contribution is -0.113. The highest BCUT2D eigenvalue weighted by molar-refractivity contribution is 8.00. The second kappa shape index (κ2) is 10.4. The van der Waals surface area contributed by atoms with Gasteiger partial charge in [-0.05, 0) is 55.5 Å². The number of benzene rings is 3. The lowest BCUT2D eigenvalue weighted by Gasteiger charge is -2.10. The minimum Gasteiger partial charge on any atom is -0.465 e. The minimum atomic E-state index is -0.508. The molecule has 7 heteroatoms. The highest BCUT2D eigenvalue weighted by Crippen LogP contribution is 2.22. The fourth-order valence-corrected chi connectivity index (χ4v) is 3.46. The summed E-state index contributed by atoms with van der Waals surface area (Å²) in [6.45, 7) is 1.97. The number of nitrogens with one attached hydrogen (secondary N) is 2. The molecule has 0 saturated heterocycles. The zero-order chi connectivity index (χ0) is 22.2. The number of anilines is 2. The zero-order valence-electron chi connectivity index (χ0n) is 17.2. The number of methoxy groups -OCH3 is 1. The molecule has 0 bridgehead atoms. The Balaban J connectivity index is 1.53. The molecule has 0 atom stereocenters. The Morgan fingerprint density at radius 3 is 2.23 bits per heavy atom. The molecule has 2 N–H and O–H groups in total. The van der Waals surface area contributed by atoms with Gasteiger partial charge in [0.1, 0.15) is 0 Å². The lowest BCUT2D eigenvalue weighted by Crippen LogP contribution is -2.17. The Kier molecular flexibility index (Phi) is 7.45. The topological polar surface area (TPSA) is 84.5 Å². The maximum Gasteiger partial charge on any atom is 0.339 e. The predicted octanol–water partition coefficient (Wildman–Crippen LogP) is 4.76. The first-order chi connectivity index (χ1) is 15.0. The van der Waals surface area contributed by atoms with Crippen LogP contribution in [0.15, 0.2) is 77.7 Å². The largest absolute Gasteiger partial charge is 0.465 e. The zero-order valence-corrected chi connectivity index (χ0v) is 18.0. The summed E-state index contributed by atoms with van der Waals surface area (Å²) in [4.78, 5) is 37.3. The van der Waals surface area contributed by atoms with Crippen LogP contribution in [0, 0.1) is 6.92 Å². The molecule has 0 fully saturated rings. The van der Waals surface area contributed by atoms with Crippen molar-refractivity contribution in [1.29, 1.82) is 0 Å². The van der Waals surface area contributed by atoms with Gasteiger partial charge in [-0.1, -0.05) is 29.8 Å². The van der Waals surface area contributed by atoms with Crippen molar-refractivity contribution in [2.45, 2.75) is 11.8 Å². The highest BCUT2D eigenvalue weighted by atomic mass is 32.2. The number of thioether (sulfide) groups is 1. The lowest BCUT2D eigenvalue weighted by atomic mass is 10.1. The van der Waals surface area contributed by atoms with E-state index in [9.17, 15) is 14.4 Å². The third kappa shape index (κ3) is 6.20. The van der Waals surface area contributed by atoms with E-state index in [2.05, 4.69) is 10.6 Å². The van der Waals surface area contributed by atoms with E-state index in [1.54, 1.807) is 48.5 Å². The average molecular weight is 435 g/mol. The number of esters is 1. The van der Waals surface area contributed by atoms with E-state index in [0.29, 0.717) is 22.5 Å². The van der Waals surface area contributed by atoms with Crippen molar-refractivity contribution in [2.75, 3.05) is 23.5 Å². The summed E-state index contributed by atoms with van der Waals surface area (Å²) in [6.07, 6.45) is 0. The molecule has 3 aromatic carbocycles. The first-order valence-corrected chi connectivity index (χ1v) is 10.5. The van der Waals surface area contributed by atoms with E-state index in [0.717, 1.165) is 10.5 Å². The molecular formula is C24H22N2O4S. The molecule has 6 nitrogen and oxygen atoms in total. The van der Waals surface area contributed by atoms with Gasteiger partial charge >= 0.3 is 5.97 Å². The summed E-state index contributed by atoms with van der Waals surface area (Å²) in [5.41, 5.74) is 3.07. The summed E-state index contributed by atoms with van der Waals surface area (Å²) in [5, 5.41) is 5.59. The van der Waals surface area contributed by atoms with E-state index in [-0.39, 0.29) is 17.6 Å². The number of aryl methyl sites for hydroxylation is 1. The van der Waals surface area contributed by atoms with E-state index in [4.69, 9.17) is 4.74 Å². The van der Waals surface area contributed by atoms with Crippen LogP contribution in [0.4, 0.5) is 11.4 Å². The maximum atomic E-state index is 12.3. The van der Waals surface area contributed by atoms with Gasteiger partial charge in [0.25, 0.3) is 5.91 Å². The van der Waals surface area contributed by atoms with Crippen molar-refractivity contribution in [3.05, 3.63) is 89.5 Å². The van der Waals surface area contributed by atoms with Gasteiger partial charge in [-0.15, -0.1) is 11.8 Å². The molecule has 31 heavy (non-hydrogen) atoms. The molecule has 0 heterocycles. The van der Waals surface area contributed by atoms with Crippen molar-refractivity contribution < 1.29 is 19.1 Å². The van der Waals surface area contributed by atoms with Crippen LogP contribution < -0.4 is 10.6 Å². The van der Waals surface area contributed by atoms with Crippen molar-refractivity contribution in [3.63, 3.8) is 0 Å². The van der Waals surface area contributed by atoms with Gasteiger partial charge in [-0.3, -0.25) is 9.59 Å². The Labute approximate surface area is 185 Å². The summed E-state index contributed by atoms with van der Waals surface area (Å²) in [6, 6.07) is 21.3. The summed E-state index contributed by atoms with van der Waals surface area (Å²) < 4.78 is 4.73. The Morgan fingerprint density at radius 1 is 0.871 bits per heavy atom. The van der Waals surface area contributed by atoms with Crippen molar-refractivity contribution in [2.24, 2.45) is 0 Å². The van der Waals surface area contributed by atoms with Crippen LogP contribution >= 0.6 is 11.8 Å². The van der Waals surface area contributed by atoms with Crippen LogP contribution in [0.1, 0.15) is 26.3 Å². The number of ether oxygens (including phenoxy) is 1. The first kappa shape index (κ1) is 22.1. The van der Waals surface area contributed by atoms with E-state index < -0.39 is 5.97 Å². The van der Waals surface area contributed by atoms with Crippen molar-refractivity contribution in [1.82, 2.24) is 0 Å². The summed E-state index contributed by atoms with van der Waals surface area (Å²) >= 11 is 1.35. The van der Waals surface area contributed by atoms with Gasteiger partial charge in [-0.25, -0.2) is 4.79 Å². The number of rotatable bonds is 7. The predicted molar refractivity (Wildman–Crippen MR) is 123 cm³/mol. The van der Waals surface area contributed by atoms with E-state index >= 15 is 0 Å². The number of carbonyl (C=O) groups excluding carboxylic acids is 3. The molecule has 3 rings (SSSR count). The number of carbonyl (C=O) groups is 3. The number of hydrogen-bond donors (Lipinski definition) is 2. The van der Waals surface area contributed by atoms with Crippen LogP contribution in [0.3, 0.4) is 0 Å². The Hall–Kier alpha value is -3.58. The molecule has 0 radical (unpaired) electrons. The van der Waals surface area contributed by atoms with Crippen LogP contribution in [0.2, 0.25) is 0 Å². The van der Waals surface area contributed by atoms with Crippen molar-refractivity contribution in [3.8, 4) is 0 Å². The number of hydrogen-bond acceptors (Lipinski definition) is 5. The quantitative estimate of drug-likeness (QED) is 0.414. The molecule has 2 amide bonds. The third-order valence-electron chi connectivity index (χ3n) is 4.40. The molecule has 158 valence electrons. The molecule has 0 aromatic heterocycles. The molecule has 0 aliphatic carbocycles. The second-order valence-electron chi connectivity index (χ2n) is 6.72. The van der Waals surface area contributed by atoms with Crippen LogP contribution in [0.5, 0.6) is 0 Å². The third-order valence-corrected chi connectivity index (χ3v) is 5.41. The first-order valence-electron chi connectivity index (χ1n) is 9.54. The Bertz CT molecular complexity index is 1080. The minimum absolute atomic E-state index is 0.171. The highest BCUT2D eigenvalue weighted by Gasteiger charge is 2.13. The van der Waals surface area contributed by atoms with Gasteiger partial charge < -0.3 is 15.4 Å². The van der Waals surface area contributed by atoms with Crippen LogP contribution in [-0.4, -0.2) is 30.6 Å². The smallest absolute Gasteiger partial charge is 0.339 e. The molecular weight excluding hydrogens is 412 g/mol. The molecule has 3 aromatic rings. The molecule has 0 saturated carbocycles. The van der Waals surface area contributed by atoms with Crippen LogP contribution in [-0.2, 0) is 9.53 Å². The fraction of sp³-hybridized carbons (Fsp3) is 0.125. The number of amides is 2. The molecule has 0 aliphatic rings. The fourth-order valence-electron chi connectivity index (χ4n) is 2.76. The summed E-state index contributed by atoms with van der Waals surface area (Å²) in [7, 11) is 1.30. The van der Waals surface area contributed by atoms with Crippen LogP contribution in [0.25, 0.3) is 0 Å².